The Balaban J connectivity index is 1.25. The summed E-state index contributed by atoms with van der Waals surface area (Å²) in [5.41, 5.74) is 4.52. The number of ether oxygens (including phenoxy) is 4. The number of methoxy groups -OCH3 is 1. The van der Waals surface area contributed by atoms with Crippen molar-refractivity contribution in [2.75, 3.05) is 20.3 Å². The fourth-order valence-corrected chi connectivity index (χ4v) is 6.14. The van der Waals surface area contributed by atoms with Crippen molar-refractivity contribution in [3.63, 3.8) is 0 Å². The van der Waals surface area contributed by atoms with Gasteiger partial charge in [0, 0.05) is 18.9 Å². The molecule has 0 amide bonds. The zero-order chi connectivity index (χ0) is 34.2. The van der Waals surface area contributed by atoms with E-state index in [4.69, 9.17) is 18.9 Å². The largest absolute Gasteiger partial charge is 0.494 e. The number of rotatable bonds is 18. The van der Waals surface area contributed by atoms with Crippen molar-refractivity contribution in [2.24, 2.45) is 11.8 Å². The maximum absolute atomic E-state index is 10.6. The van der Waals surface area contributed by atoms with E-state index in [0.717, 1.165) is 55.6 Å². The Kier molecular flexibility index (Phi) is 15.2. The van der Waals surface area contributed by atoms with Crippen molar-refractivity contribution in [1.29, 1.82) is 0 Å². The molecule has 2 aliphatic carbocycles. The first-order chi connectivity index (χ1) is 23.2. The molecule has 0 aliphatic heterocycles. The van der Waals surface area contributed by atoms with Crippen LogP contribution in [0.15, 0.2) is 108 Å². The molecular formula is C42H56O6. The number of aliphatic hydroxyl groups is 2. The lowest BCUT2D eigenvalue weighted by Crippen LogP contribution is -2.30. The molecule has 0 fully saturated rings. The smallest absolute Gasteiger partial charge is 0.157 e. The molecule has 2 aromatic rings. The van der Waals surface area contributed by atoms with Gasteiger partial charge in [-0.2, -0.15) is 0 Å². The predicted octanol–water partition coefficient (Wildman–Crippen LogP) is 9.11. The summed E-state index contributed by atoms with van der Waals surface area (Å²) in [7, 11) is 1.50. The highest BCUT2D eigenvalue weighted by molar-refractivity contribution is 5.69. The summed E-state index contributed by atoms with van der Waals surface area (Å²) in [6.07, 6.45) is 21.1. The second kappa shape index (κ2) is 19.5. The molecule has 0 aromatic heterocycles. The zero-order valence-electron chi connectivity index (χ0n) is 29.4. The van der Waals surface area contributed by atoms with E-state index in [1.807, 2.05) is 45.0 Å². The third-order valence-corrected chi connectivity index (χ3v) is 8.65. The number of unbranched alkanes of at least 4 members (excludes halogenated alkanes) is 2. The first-order valence-corrected chi connectivity index (χ1v) is 17.6. The van der Waals surface area contributed by atoms with Gasteiger partial charge in [0.25, 0.3) is 0 Å². The van der Waals surface area contributed by atoms with Gasteiger partial charge in [-0.3, -0.25) is 0 Å². The van der Waals surface area contributed by atoms with Crippen molar-refractivity contribution in [3.05, 3.63) is 120 Å². The summed E-state index contributed by atoms with van der Waals surface area (Å²) in [4.78, 5) is 0. The Morgan fingerprint density at radius 3 is 2.33 bits per heavy atom. The molecule has 4 unspecified atom stereocenters. The van der Waals surface area contributed by atoms with Gasteiger partial charge in [0.05, 0.1) is 18.8 Å². The van der Waals surface area contributed by atoms with Crippen molar-refractivity contribution in [1.82, 2.24) is 0 Å². The van der Waals surface area contributed by atoms with Crippen LogP contribution in [0.4, 0.5) is 0 Å². The monoisotopic (exact) mass is 656 g/mol. The SMILES string of the molecule is COC(O)C(CCC(O)OC(C)(C)C)Cc1ccccc1OCCCCCOC1=C\CC/C(c2ccccc2)=C/C(C2C=CC=CC2)=C\1. The molecule has 0 radical (unpaired) electrons. The maximum Gasteiger partial charge on any atom is 0.157 e. The molecule has 6 nitrogen and oxygen atoms in total. The lowest BCUT2D eigenvalue weighted by molar-refractivity contribution is -0.175. The number of allylic oxidation sites excluding steroid dienone is 9. The van der Waals surface area contributed by atoms with Gasteiger partial charge in [-0.25, -0.2) is 0 Å². The van der Waals surface area contributed by atoms with Crippen LogP contribution >= 0.6 is 0 Å². The van der Waals surface area contributed by atoms with E-state index < -0.39 is 18.2 Å². The van der Waals surface area contributed by atoms with Gasteiger partial charge in [-0.15, -0.1) is 0 Å². The average Bonchev–Trinajstić information content (AvgIpc) is 3.07. The molecule has 48 heavy (non-hydrogen) atoms. The van der Waals surface area contributed by atoms with Crippen LogP contribution in [0.25, 0.3) is 5.57 Å². The predicted molar refractivity (Wildman–Crippen MR) is 194 cm³/mol. The van der Waals surface area contributed by atoms with Gasteiger partial charge in [-0.1, -0.05) is 78.9 Å². The molecule has 0 heterocycles. The van der Waals surface area contributed by atoms with Crippen molar-refractivity contribution < 1.29 is 29.2 Å². The molecule has 0 bridgehead atoms. The normalized spacial score (nSPS) is 21.8. The lowest BCUT2D eigenvalue weighted by atomic mass is 9.87. The summed E-state index contributed by atoms with van der Waals surface area (Å²) < 4.78 is 23.5. The fraction of sp³-hybridized carbons (Fsp3) is 0.476. The summed E-state index contributed by atoms with van der Waals surface area (Å²) in [6.45, 7) is 7.01. The summed E-state index contributed by atoms with van der Waals surface area (Å²) >= 11 is 0. The Labute approximate surface area is 288 Å². The highest BCUT2D eigenvalue weighted by atomic mass is 16.6. The Morgan fingerprint density at radius 2 is 1.60 bits per heavy atom. The average molecular weight is 657 g/mol. The molecule has 2 N–H and O–H groups in total. The van der Waals surface area contributed by atoms with Gasteiger partial charge in [0.2, 0.25) is 0 Å². The number of benzene rings is 2. The third-order valence-electron chi connectivity index (χ3n) is 8.65. The van der Waals surface area contributed by atoms with Crippen LogP contribution in [0.3, 0.4) is 0 Å². The van der Waals surface area contributed by atoms with Crippen LogP contribution in [0, 0.1) is 11.8 Å². The number of hydrogen-bond acceptors (Lipinski definition) is 6. The van der Waals surface area contributed by atoms with E-state index in [1.165, 1.54) is 23.8 Å². The standard InChI is InChI=1S/C42H56O6/c1-42(2,3)48-40(43)26-25-36(41(44)45-4)30-35-21-12-13-24-39(35)47-28-15-7-14-27-46-38-23-16-22-34(32-17-8-5-9-18-32)29-37(31-38)33-19-10-6-11-20-33/h5-6,8-13,17-19,21,23-24,29,31,33,36,40-41,43-44H,7,14-16,20,22,25-28,30H2,1-4H3/b34-29-,37-31+,38-23-. The highest BCUT2D eigenvalue weighted by Gasteiger charge is 2.24. The molecule has 6 heteroatoms. The van der Waals surface area contributed by atoms with Crippen molar-refractivity contribution >= 4 is 5.57 Å². The molecule has 260 valence electrons. The summed E-state index contributed by atoms with van der Waals surface area (Å²) in [5.74, 6) is 1.92. The topological polar surface area (TPSA) is 77.4 Å². The van der Waals surface area contributed by atoms with E-state index in [9.17, 15) is 10.2 Å². The van der Waals surface area contributed by atoms with Crippen LogP contribution in [0.1, 0.15) is 83.3 Å². The van der Waals surface area contributed by atoms with E-state index in [0.29, 0.717) is 38.4 Å². The third kappa shape index (κ3) is 12.9. The van der Waals surface area contributed by atoms with Crippen LogP contribution in [0.2, 0.25) is 0 Å². The van der Waals surface area contributed by atoms with E-state index in [1.54, 1.807) is 0 Å². The molecule has 4 atom stereocenters. The highest BCUT2D eigenvalue weighted by Crippen LogP contribution is 2.32. The number of hydrogen-bond donors (Lipinski definition) is 2. The molecule has 0 saturated heterocycles. The summed E-state index contributed by atoms with van der Waals surface area (Å²) in [6, 6.07) is 18.7. The van der Waals surface area contributed by atoms with Crippen molar-refractivity contribution in [3.8, 4) is 5.75 Å². The molecular weight excluding hydrogens is 600 g/mol. The van der Waals surface area contributed by atoms with Crippen molar-refractivity contribution in [2.45, 2.75) is 96.7 Å². The first-order valence-electron chi connectivity index (χ1n) is 17.6. The Morgan fingerprint density at radius 1 is 0.854 bits per heavy atom. The minimum atomic E-state index is -0.948. The van der Waals surface area contributed by atoms with Crippen LogP contribution in [0.5, 0.6) is 5.75 Å². The van der Waals surface area contributed by atoms with E-state index >= 15 is 0 Å². The maximum atomic E-state index is 10.6. The first kappa shape index (κ1) is 37.4. The second-order valence-corrected chi connectivity index (χ2v) is 13.7. The Bertz CT molecular complexity index is 1400. The van der Waals surface area contributed by atoms with Gasteiger partial charge in [0.1, 0.15) is 11.5 Å². The Hall–Kier alpha value is -3.42. The molecule has 4 rings (SSSR count). The van der Waals surface area contributed by atoms with Crippen LogP contribution in [-0.4, -0.2) is 48.7 Å². The number of para-hydroxylation sites is 1. The minimum Gasteiger partial charge on any atom is -0.494 e. The second-order valence-electron chi connectivity index (χ2n) is 13.7. The summed E-state index contributed by atoms with van der Waals surface area (Å²) in [5, 5.41) is 20.9. The molecule has 2 aliphatic rings. The van der Waals surface area contributed by atoms with Gasteiger partial charge < -0.3 is 29.2 Å². The zero-order valence-corrected chi connectivity index (χ0v) is 29.4. The quantitative estimate of drug-likeness (QED) is 0.123. The van der Waals surface area contributed by atoms with Crippen LogP contribution in [-0.2, 0) is 20.6 Å². The number of aliphatic hydroxyl groups excluding tert-OH is 2. The molecule has 0 spiro atoms. The van der Waals surface area contributed by atoms with Crippen LogP contribution < -0.4 is 4.74 Å². The van der Waals surface area contributed by atoms with E-state index in [-0.39, 0.29) is 5.92 Å². The van der Waals surface area contributed by atoms with E-state index in [2.05, 4.69) is 72.9 Å². The molecule has 2 aromatic carbocycles. The van der Waals surface area contributed by atoms with Gasteiger partial charge in [-0.05, 0) is 119 Å². The minimum absolute atomic E-state index is 0.210. The lowest BCUT2D eigenvalue weighted by Gasteiger charge is -2.27. The van der Waals surface area contributed by atoms with Gasteiger partial charge >= 0.3 is 0 Å². The van der Waals surface area contributed by atoms with Gasteiger partial charge in [0.15, 0.2) is 12.6 Å². The fourth-order valence-electron chi connectivity index (χ4n) is 6.14. The molecule has 0 saturated carbocycles.